The molecule has 1 amide bonds. The van der Waals surface area contributed by atoms with E-state index in [1.54, 1.807) is 61.5 Å². The summed E-state index contributed by atoms with van der Waals surface area (Å²) in [4.78, 5) is 43.9. The quantitative estimate of drug-likeness (QED) is 0.378. The zero-order valence-electron chi connectivity index (χ0n) is 20.3. The molecule has 9 nitrogen and oxygen atoms in total. The van der Waals surface area contributed by atoms with Crippen molar-refractivity contribution in [3.8, 4) is 17.2 Å². The number of ketones is 1. The number of pyridine rings is 2. The number of benzene rings is 2. The highest BCUT2D eigenvalue weighted by atomic mass is 16.5. The second-order valence-electron chi connectivity index (χ2n) is 8.03. The monoisotopic (exact) mass is 487 g/mol. The van der Waals surface area contributed by atoms with Gasteiger partial charge in [-0.05, 0) is 43.3 Å². The first-order valence-electron chi connectivity index (χ1n) is 11.1. The van der Waals surface area contributed by atoms with E-state index in [0.717, 1.165) is 0 Å². The SMILES string of the molecule is COc1ccc(C(=O)c2cn(CC(=O)Nc3cc(OC)cc(OC)c3)c3nc(C)ccc3c2=O)cc1. The predicted molar refractivity (Wildman–Crippen MR) is 135 cm³/mol. The lowest BCUT2D eigenvalue weighted by Gasteiger charge is -2.14. The molecule has 0 aliphatic rings. The van der Waals surface area contributed by atoms with Gasteiger partial charge in [0.25, 0.3) is 0 Å². The van der Waals surface area contributed by atoms with Crippen LogP contribution in [0, 0.1) is 6.92 Å². The van der Waals surface area contributed by atoms with E-state index >= 15 is 0 Å². The number of aromatic nitrogens is 2. The maximum absolute atomic E-state index is 13.2. The van der Waals surface area contributed by atoms with Crippen LogP contribution in [0.4, 0.5) is 5.69 Å². The Kier molecular flexibility index (Phi) is 7.00. The van der Waals surface area contributed by atoms with Crippen LogP contribution in [0.2, 0.25) is 0 Å². The Hall–Kier alpha value is -4.66. The molecule has 184 valence electrons. The Bertz CT molecular complexity index is 1490. The van der Waals surface area contributed by atoms with Gasteiger partial charge in [-0.1, -0.05) is 0 Å². The molecule has 2 aromatic carbocycles. The second kappa shape index (κ2) is 10.3. The smallest absolute Gasteiger partial charge is 0.244 e. The fraction of sp³-hybridized carbons (Fsp3) is 0.185. The number of carbonyl (C=O) groups is 2. The van der Waals surface area contributed by atoms with Crippen molar-refractivity contribution in [2.24, 2.45) is 0 Å². The fourth-order valence-electron chi connectivity index (χ4n) is 3.77. The summed E-state index contributed by atoms with van der Waals surface area (Å²) in [5.74, 6) is 0.775. The van der Waals surface area contributed by atoms with Crippen molar-refractivity contribution in [2.75, 3.05) is 26.6 Å². The van der Waals surface area contributed by atoms with Crippen LogP contribution < -0.4 is 25.0 Å². The molecule has 0 radical (unpaired) electrons. The topological polar surface area (TPSA) is 109 Å². The lowest BCUT2D eigenvalue weighted by atomic mass is 10.0. The van der Waals surface area contributed by atoms with E-state index in [1.807, 2.05) is 0 Å². The number of anilines is 1. The number of amides is 1. The highest BCUT2D eigenvalue weighted by Crippen LogP contribution is 2.26. The van der Waals surface area contributed by atoms with Gasteiger partial charge in [0.2, 0.25) is 11.3 Å². The highest BCUT2D eigenvalue weighted by molar-refractivity contribution is 6.10. The van der Waals surface area contributed by atoms with Gasteiger partial charge < -0.3 is 24.1 Å². The van der Waals surface area contributed by atoms with Gasteiger partial charge in [-0.25, -0.2) is 4.98 Å². The molecule has 2 heterocycles. The number of nitrogens with zero attached hydrogens (tertiary/aromatic N) is 2. The van der Waals surface area contributed by atoms with Gasteiger partial charge in [0.15, 0.2) is 5.78 Å². The zero-order valence-corrected chi connectivity index (χ0v) is 20.3. The van der Waals surface area contributed by atoms with Gasteiger partial charge in [0, 0.05) is 41.3 Å². The summed E-state index contributed by atoms with van der Waals surface area (Å²) < 4.78 is 17.2. The van der Waals surface area contributed by atoms with Crippen LogP contribution in [0.3, 0.4) is 0 Å². The van der Waals surface area contributed by atoms with Gasteiger partial charge >= 0.3 is 0 Å². The summed E-state index contributed by atoms with van der Waals surface area (Å²) >= 11 is 0. The van der Waals surface area contributed by atoms with Crippen molar-refractivity contribution in [1.29, 1.82) is 0 Å². The minimum absolute atomic E-state index is 0.0610. The van der Waals surface area contributed by atoms with E-state index < -0.39 is 11.2 Å². The van der Waals surface area contributed by atoms with Crippen molar-refractivity contribution in [2.45, 2.75) is 13.5 Å². The van der Waals surface area contributed by atoms with Crippen LogP contribution >= 0.6 is 0 Å². The molecule has 0 bridgehead atoms. The van der Waals surface area contributed by atoms with Crippen molar-refractivity contribution < 1.29 is 23.8 Å². The molecule has 0 unspecified atom stereocenters. The Morgan fingerprint density at radius 2 is 1.53 bits per heavy atom. The first-order valence-corrected chi connectivity index (χ1v) is 11.1. The molecular weight excluding hydrogens is 462 g/mol. The largest absolute Gasteiger partial charge is 0.497 e. The average Bonchev–Trinajstić information content (AvgIpc) is 2.89. The molecule has 36 heavy (non-hydrogen) atoms. The maximum atomic E-state index is 13.2. The molecule has 1 N–H and O–H groups in total. The summed E-state index contributed by atoms with van der Waals surface area (Å²) in [5.41, 5.74) is 1.26. The molecule has 9 heteroatoms. The molecule has 0 aliphatic heterocycles. The Labute approximate surface area is 207 Å². The third kappa shape index (κ3) is 5.05. The van der Waals surface area contributed by atoms with Crippen LogP contribution in [-0.4, -0.2) is 42.6 Å². The Morgan fingerprint density at radius 1 is 0.889 bits per heavy atom. The lowest BCUT2D eigenvalue weighted by Crippen LogP contribution is -2.25. The number of methoxy groups -OCH3 is 3. The number of hydrogen-bond donors (Lipinski definition) is 1. The number of nitrogens with one attached hydrogen (secondary N) is 1. The molecule has 4 aromatic rings. The zero-order chi connectivity index (χ0) is 25.8. The van der Waals surface area contributed by atoms with Crippen LogP contribution in [0.1, 0.15) is 21.6 Å². The number of carbonyl (C=O) groups excluding carboxylic acids is 2. The van der Waals surface area contributed by atoms with Crippen LogP contribution in [0.5, 0.6) is 17.2 Å². The van der Waals surface area contributed by atoms with Crippen molar-refractivity contribution in [3.05, 3.63) is 87.8 Å². The van der Waals surface area contributed by atoms with Gasteiger partial charge in [-0.3, -0.25) is 14.4 Å². The van der Waals surface area contributed by atoms with Crippen LogP contribution in [0.15, 0.2) is 65.6 Å². The van der Waals surface area contributed by atoms with Crippen LogP contribution in [-0.2, 0) is 11.3 Å². The minimum atomic E-state index is -0.461. The van der Waals surface area contributed by atoms with Gasteiger partial charge in [-0.2, -0.15) is 0 Å². The fourth-order valence-corrected chi connectivity index (χ4v) is 3.77. The molecule has 0 spiro atoms. The molecule has 2 aromatic heterocycles. The van der Waals surface area contributed by atoms with E-state index in [2.05, 4.69) is 10.3 Å². The second-order valence-corrected chi connectivity index (χ2v) is 8.03. The maximum Gasteiger partial charge on any atom is 0.244 e. The molecular formula is C27H25N3O6. The van der Waals surface area contributed by atoms with E-state index in [4.69, 9.17) is 14.2 Å². The average molecular weight is 488 g/mol. The number of aryl methyl sites for hydroxylation is 1. The third-order valence-corrected chi connectivity index (χ3v) is 5.61. The number of rotatable bonds is 8. The Morgan fingerprint density at radius 3 is 2.14 bits per heavy atom. The highest BCUT2D eigenvalue weighted by Gasteiger charge is 2.19. The van der Waals surface area contributed by atoms with Gasteiger partial charge in [0.05, 0.1) is 32.3 Å². The minimum Gasteiger partial charge on any atom is -0.497 e. The van der Waals surface area contributed by atoms with Gasteiger partial charge in [0.1, 0.15) is 29.4 Å². The molecule has 0 aliphatic carbocycles. The normalized spacial score (nSPS) is 10.7. The summed E-state index contributed by atoms with van der Waals surface area (Å²) in [6.07, 6.45) is 1.38. The predicted octanol–water partition coefficient (Wildman–Crippen LogP) is 3.60. The van der Waals surface area contributed by atoms with Gasteiger partial charge in [-0.15, -0.1) is 0 Å². The summed E-state index contributed by atoms with van der Waals surface area (Å²) in [5, 5.41) is 3.05. The summed E-state index contributed by atoms with van der Waals surface area (Å²) in [6, 6.07) is 14.8. The van der Waals surface area contributed by atoms with E-state index in [9.17, 15) is 14.4 Å². The lowest BCUT2D eigenvalue weighted by molar-refractivity contribution is -0.116. The first kappa shape index (κ1) is 24.5. The molecule has 0 atom stereocenters. The number of fused-ring (bicyclic) bond motifs is 1. The molecule has 0 saturated carbocycles. The first-order chi connectivity index (χ1) is 17.3. The van der Waals surface area contributed by atoms with E-state index in [0.29, 0.717) is 39.8 Å². The van der Waals surface area contributed by atoms with E-state index in [-0.39, 0.29) is 23.4 Å². The molecule has 0 fully saturated rings. The van der Waals surface area contributed by atoms with Crippen LogP contribution in [0.25, 0.3) is 11.0 Å². The Balaban J connectivity index is 1.73. The summed E-state index contributed by atoms with van der Waals surface area (Å²) in [6.45, 7) is 1.60. The number of ether oxygens (including phenoxy) is 3. The molecule has 4 rings (SSSR count). The number of hydrogen-bond acceptors (Lipinski definition) is 7. The van der Waals surface area contributed by atoms with Crippen molar-refractivity contribution in [1.82, 2.24) is 9.55 Å². The van der Waals surface area contributed by atoms with E-state index in [1.165, 1.54) is 32.1 Å². The molecule has 0 saturated heterocycles. The summed E-state index contributed by atoms with van der Waals surface area (Å²) in [7, 11) is 4.56. The standard InChI is InChI=1S/C27H25N3O6/c1-16-5-10-22-26(33)23(25(32)17-6-8-19(34-2)9-7-17)14-30(27(22)28-16)15-24(31)29-18-11-20(35-3)13-21(12-18)36-4/h5-14H,15H2,1-4H3,(H,29,31). The van der Waals surface area contributed by atoms with Crippen molar-refractivity contribution in [3.63, 3.8) is 0 Å². The van der Waals surface area contributed by atoms with Crippen molar-refractivity contribution >= 4 is 28.4 Å². The third-order valence-electron chi connectivity index (χ3n) is 5.61.